The first-order chi connectivity index (χ1) is 12.1. The Morgan fingerprint density at radius 3 is 1.85 bits per heavy atom. The van der Waals surface area contributed by atoms with Gasteiger partial charge in [-0.2, -0.15) is 0 Å². The molecule has 0 saturated carbocycles. The highest BCUT2D eigenvalue weighted by Gasteiger charge is 2.41. The fourth-order valence-electron chi connectivity index (χ4n) is 1.85. The number of aldehydes is 1. The van der Waals surface area contributed by atoms with Crippen molar-refractivity contribution in [3.63, 3.8) is 0 Å². The van der Waals surface area contributed by atoms with E-state index in [1.54, 1.807) is 0 Å². The molecule has 11 heteroatoms. The van der Waals surface area contributed by atoms with Crippen molar-refractivity contribution in [1.29, 1.82) is 0 Å². The number of rotatable bonds is 11. The molecule has 0 amide bonds. The summed E-state index contributed by atoms with van der Waals surface area (Å²) >= 11 is 0. The Morgan fingerprint density at radius 1 is 0.923 bits per heavy atom. The molecule has 0 radical (unpaired) electrons. The molecule has 11 nitrogen and oxygen atoms in total. The van der Waals surface area contributed by atoms with Crippen LogP contribution in [0.1, 0.15) is 20.8 Å². The number of aliphatic hydroxyl groups is 1. The molecule has 0 aromatic carbocycles. The molecular weight excluding hydrogens is 356 g/mol. The number of hydrogen-bond acceptors (Lipinski definition) is 11. The number of aliphatic hydroxyl groups excluding tert-OH is 1. The second-order valence-electron chi connectivity index (χ2n) is 5.02. The van der Waals surface area contributed by atoms with Crippen LogP contribution >= 0.6 is 0 Å². The van der Waals surface area contributed by atoms with E-state index in [1.807, 2.05) is 0 Å². The molecule has 148 valence electrons. The maximum atomic E-state index is 11.3. The van der Waals surface area contributed by atoms with Gasteiger partial charge >= 0.3 is 23.9 Å². The Morgan fingerprint density at radius 2 is 1.42 bits per heavy atom. The molecule has 4 atom stereocenters. The molecule has 0 aromatic heterocycles. The third-order valence-electron chi connectivity index (χ3n) is 2.80. The minimum Gasteiger partial charge on any atom is -0.467 e. The van der Waals surface area contributed by atoms with E-state index >= 15 is 0 Å². The molecule has 1 N–H and O–H groups in total. The van der Waals surface area contributed by atoms with Gasteiger partial charge in [0.2, 0.25) is 0 Å². The smallest absolute Gasteiger partial charge is 0.331 e. The topological polar surface area (TPSA) is 152 Å². The Balaban J connectivity index is 5.41. The Kier molecular flexibility index (Phi) is 10.8. The number of carbonyl (C=O) groups is 5. The van der Waals surface area contributed by atoms with Crippen molar-refractivity contribution in [2.24, 2.45) is 0 Å². The van der Waals surface area contributed by atoms with Crippen LogP contribution in [0.15, 0.2) is 0 Å². The second-order valence-corrected chi connectivity index (χ2v) is 5.02. The van der Waals surface area contributed by atoms with Gasteiger partial charge in [-0.15, -0.1) is 0 Å². The standard InChI is InChI=1S/C15H22O11/c1-8(17)24-12(5-16)15(26-10(3)19)14(25-9(2)18)11(20)6-23-7-13(21)22-4/h5,11-12,14-15,20H,6-7H2,1-4H3. The molecule has 0 spiro atoms. The molecule has 0 saturated heterocycles. The summed E-state index contributed by atoms with van der Waals surface area (Å²) in [5.74, 6) is -3.33. The maximum Gasteiger partial charge on any atom is 0.331 e. The fourth-order valence-corrected chi connectivity index (χ4v) is 1.85. The molecule has 0 aliphatic heterocycles. The van der Waals surface area contributed by atoms with E-state index in [-0.39, 0.29) is 6.29 Å². The summed E-state index contributed by atoms with van der Waals surface area (Å²) in [4.78, 5) is 56.0. The molecule has 26 heavy (non-hydrogen) atoms. The lowest BCUT2D eigenvalue weighted by Crippen LogP contribution is -2.52. The zero-order valence-corrected chi connectivity index (χ0v) is 14.8. The highest BCUT2D eigenvalue weighted by molar-refractivity contribution is 5.72. The van der Waals surface area contributed by atoms with E-state index in [0.29, 0.717) is 0 Å². The second kappa shape index (κ2) is 11.9. The summed E-state index contributed by atoms with van der Waals surface area (Å²) in [6.07, 6.45) is -6.34. The van der Waals surface area contributed by atoms with Crippen LogP contribution in [0.4, 0.5) is 0 Å². The summed E-state index contributed by atoms with van der Waals surface area (Å²) < 4.78 is 23.8. The average molecular weight is 378 g/mol. The number of ether oxygens (including phenoxy) is 5. The lowest BCUT2D eigenvalue weighted by atomic mass is 10.0. The van der Waals surface area contributed by atoms with Gasteiger partial charge in [0.1, 0.15) is 12.7 Å². The molecule has 4 unspecified atom stereocenters. The minimum absolute atomic E-state index is 0.160. The van der Waals surface area contributed by atoms with E-state index < -0.39 is 61.5 Å². The third kappa shape index (κ3) is 9.08. The third-order valence-corrected chi connectivity index (χ3v) is 2.80. The molecule has 0 aliphatic rings. The van der Waals surface area contributed by atoms with Gasteiger partial charge in [-0.05, 0) is 0 Å². The van der Waals surface area contributed by atoms with E-state index in [4.69, 9.17) is 18.9 Å². The monoisotopic (exact) mass is 378 g/mol. The largest absolute Gasteiger partial charge is 0.467 e. The van der Waals surface area contributed by atoms with Gasteiger partial charge in [0.15, 0.2) is 24.6 Å². The van der Waals surface area contributed by atoms with Crippen molar-refractivity contribution in [3.05, 3.63) is 0 Å². The van der Waals surface area contributed by atoms with E-state index in [9.17, 15) is 29.1 Å². The summed E-state index contributed by atoms with van der Waals surface area (Å²) in [6, 6.07) is 0. The van der Waals surface area contributed by atoms with E-state index in [1.165, 1.54) is 0 Å². The van der Waals surface area contributed by atoms with Crippen LogP contribution in [0.3, 0.4) is 0 Å². The predicted molar refractivity (Wildman–Crippen MR) is 81.6 cm³/mol. The van der Waals surface area contributed by atoms with Crippen LogP contribution in [-0.2, 0) is 47.7 Å². The molecule has 0 aromatic rings. The highest BCUT2D eigenvalue weighted by Crippen LogP contribution is 2.17. The normalized spacial score (nSPS) is 15.0. The fraction of sp³-hybridized carbons (Fsp3) is 0.667. The van der Waals surface area contributed by atoms with Crippen LogP contribution in [0.5, 0.6) is 0 Å². The predicted octanol–water partition coefficient (Wildman–Crippen LogP) is -1.47. The number of carbonyl (C=O) groups excluding carboxylic acids is 5. The number of esters is 4. The average Bonchev–Trinajstić information content (AvgIpc) is 2.54. The van der Waals surface area contributed by atoms with Gasteiger partial charge < -0.3 is 28.8 Å². The lowest BCUT2D eigenvalue weighted by Gasteiger charge is -2.32. The van der Waals surface area contributed by atoms with E-state index in [0.717, 1.165) is 27.9 Å². The minimum atomic E-state index is -1.64. The summed E-state index contributed by atoms with van der Waals surface area (Å²) in [7, 11) is 1.13. The van der Waals surface area contributed by atoms with Gasteiger partial charge in [0.25, 0.3) is 0 Å². The SMILES string of the molecule is COC(=O)COCC(O)C(OC(C)=O)C(OC(C)=O)C(C=O)OC(C)=O. The highest BCUT2D eigenvalue weighted by atomic mass is 16.6. The molecule has 0 fully saturated rings. The van der Waals surface area contributed by atoms with Gasteiger partial charge in [-0.3, -0.25) is 19.2 Å². The Hall–Kier alpha value is -2.53. The number of methoxy groups -OCH3 is 1. The van der Waals surface area contributed by atoms with Crippen molar-refractivity contribution in [2.45, 2.75) is 45.2 Å². The van der Waals surface area contributed by atoms with Gasteiger partial charge in [-0.1, -0.05) is 0 Å². The van der Waals surface area contributed by atoms with Crippen LogP contribution < -0.4 is 0 Å². The summed E-state index contributed by atoms with van der Waals surface area (Å²) in [6.45, 7) is 2.00. The van der Waals surface area contributed by atoms with Crippen molar-refractivity contribution in [3.8, 4) is 0 Å². The van der Waals surface area contributed by atoms with Gasteiger partial charge in [0.05, 0.1) is 13.7 Å². The molecule has 0 rings (SSSR count). The zero-order chi connectivity index (χ0) is 20.3. The summed E-state index contributed by atoms with van der Waals surface area (Å²) in [5.41, 5.74) is 0. The first kappa shape index (κ1) is 23.5. The zero-order valence-electron chi connectivity index (χ0n) is 14.8. The van der Waals surface area contributed by atoms with E-state index in [2.05, 4.69) is 4.74 Å². The number of hydrogen-bond donors (Lipinski definition) is 1. The Bertz CT molecular complexity index is 516. The quantitative estimate of drug-likeness (QED) is 0.255. The van der Waals surface area contributed by atoms with Crippen LogP contribution in [-0.4, -0.2) is 80.0 Å². The molecular formula is C15H22O11. The first-order valence-corrected chi connectivity index (χ1v) is 7.41. The lowest BCUT2D eigenvalue weighted by molar-refractivity contribution is -0.195. The van der Waals surface area contributed by atoms with Crippen molar-refractivity contribution < 1.29 is 52.8 Å². The first-order valence-electron chi connectivity index (χ1n) is 7.41. The van der Waals surface area contributed by atoms with Crippen molar-refractivity contribution in [2.75, 3.05) is 20.3 Å². The summed E-state index contributed by atoms with van der Waals surface area (Å²) in [5, 5.41) is 10.2. The van der Waals surface area contributed by atoms with Gasteiger partial charge in [0, 0.05) is 20.8 Å². The maximum absolute atomic E-state index is 11.3. The Labute approximate surface area is 149 Å². The molecule has 0 bridgehead atoms. The van der Waals surface area contributed by atoms with Crippen molar-refractivity contribution >= 4 is 30.2 Å². The van der Waals surface area contributed by atoms with Crippen LogP contribution in [0, 0.1) is 0 Å². The van der Waals surface area contributed by atoms with Crippen molar-refractivity contribution in [1.82, 2.24) is 0 Å². The van der Waals surface area contributed by atoms with Crippen LogP contribution in [0.2, 0.25) is 0 Å². The molecule has 0 heterocycles. The molecule has 0 aliphatic carbocycles. The van der Waals surface area contributed by atoms with Crippen LogP contribution in [0.25, 0.3) is 0 Å². The van der Waals surface area contributed by atoms with Gasteiger partial charge in [-0.25, -0.2) is 4.79 Å².